The van der Waals surface area contributed by atoms with Crippen LogP contribution in [-0.2, 0) is 6.54 Å². The minimum Gasteiger partial charge on any atom is -0.299 e. The summed E-state index contributed by atoms with van der Waals surface area (Å²) >= 11 is 0. The number of hydrogen-bond donors (Lipinski definition) is 1. The maximum Gasteiger partial charge on any atom is 0.328 e. The van der Waals surface area contributed by atoms with E-state index in [1.165, 1.54) is 42.9 Å². The Labute approximate surface area is 112 Å². The fourth-order valence-corrected chi connectivity index (χ4v) is 1.99. The van der Waals surface area contributed by atoms with Crippen molar-refractivity contribution in [2.75, 3.05) is 0 Å². The van der Waals surface area contributed by atoms with Gasteiger partial charge in [-0.05, 0) is 6.42 Å². The molecule has 0 amide bonds. The zero-order chi connectivity index (χ0) is 14.1. The van der Waals surface area contributed by atoms with Gasteiger partial charge in [-0.15, -0.1) is 0 Å². The lowest BCUT2D eigenvalue weighted by molar-refractivity contribution is 0.536. The molecule has 5 heteroatoms. The summed E-state index contributed by atoms with van der Waals surface area (Å²) in [6, 6.07) is 1.78. The first kappa shape index (κ1) is 15.2. The summed E-state index contributed by atoms with van der Waals surface area (Å²) in [5.41, 5.74) is -1.05. The van der Waals surface area contributed by atoms with Crippen LogP contribution in [0.2, 0.25) is 0 Å². The third-order valence-electron chi connectivity index (χ3n) is 3.13. The summed E-state index contributed by atoms with van der Waals surface area (Å²) in [4.78, 5) is 24.9. The molecule has 19 heavy (non-hydrogen) atoms. The molecule has 104 valence electrons. The number of unbranched alkanes of at least 4 members (excludes halogenated alkanes) is 6. The lowest BCUT2D eigenvalue weighted by atomic mass is 10.1. The van der Waals surface area contributed by atoms with E-state index in [4.69, 9.17) is 5.26 Å². The minimum atomic E-state index is -0.608. The van der Waals surface area contributed by atoms with Crippen LogP contribution >= 0.6 is 0 Å². The van der Waals surface area contributed by atoms with Crippen molar-refractivity contribution in [3.8, 4) is 6.07 Å². The third-order valence-corrected chi connectivity index (χ3v) is 3.13. The van der Waals surface area contributed by atoms with Crippen LogP contribution in [0, 0.1) is 11.3 Å². The van der Waals surface area contributed by atoms with Crippen molar-refractivity contribution in [2.24, 2.45) is 0 Å². The standard InChI is InChI=1S/C14H21N3O2/c1-2-3-4-5-6-7-8-9-17-11-12(10-15)13(18)16-14(17)19/h11H,2-9H2,1H3,(H,16,18,19). The topological polar surface area (TPSA) is 78.7 Å². The molecule has 1 rings (SSSR count). The fourth-order valence-electron chi connectivity index (χ4n) is 1.99. The fraction of sp³-hybridized carbons (Fsp3) is 0.643. The van der Waals surface area contributed by atoms with E-state index in [9.17, 15) is 9.59 Å². The number of nitrogens with zero attached hydrogens (tertiary/aromatic N) is 2. The van der Waals surface area contributed by atoms with E-state index in [1.807, 2.05) is 0 Å². The molecule has 0 radical (unpaired) electrons. The van der Waals surface area contributed by atoms with Gasteiger partial charge in [-0.2, -0.15) is 5.26 Å². The van der Waals surface area contributed by atoms with Gasteiger partial charge in [0.05, 0.1) is 0 Å². The van der Waals surface area contributed by atoms with Crippen LogP contribution in [-0.4, -0.2) is 9.55 Å². The van der Waals surface area contributed by atoms with Crippen molar-refractivity contribution in [2.45, 2.75) is 58.4 Å². The van der Waals surface area contributed by atoms with Gasteiger partial charge in [-0.25, -0.2) is 4.79 Å². The Hall–Kier alpha value is -1.83. The number of rotatable bonds is 8. The van der Waals surface area contributed by atoms with Crippen molar-refractivity contribution >= 4 is 0 Å². The number of nitriles is 1. The zero-order valence-corrected chi connectivity index (χ0v) is 11.4. The monoisotopic (exact) mass is 263 g/mol. The zero-order valence-electron chi connectivity index (χ0n) is 11.4. The normalized spacial score (nSPS) is 10.3. The Morgan fingerprint density at radius 1 is 1.16 bits per heavy atom. The van der Waals surface area contributed by atoms with E-state index in [-0.39, 0.29) is 5.56 Å². The maximum atomic E-state index is 11.5. The van der Waals surface area contributed by atoms with Crippen LogP contribution in [0.5, 0.6) is 0 Å². The Morgan fingerprint density at radius 2 is 1.79 bits per heavy atom. The van der Waals surface area contributed by atoms with Crippen LogP contribution in [0.15, 0.2) is 15.8 Å². The van der Waals surface area contributed by atoms with Gasteiger partial charge in [0.15, 0.2) is 0 Å². The smallest absolute Gasteiger partial charge is 0.299 e. The Bertz CT molecular complexity index is 537. The molecule has 1 heterocycles. The van der Waals surface area contributed by atoms with E-state index >= 15 is 0 Å². The van der Waals surface area contributed by atoms with Crippen molar-refractivity contribution in [3.63, 3.8) is 0 Å². The molecular formula is C14H21N3O2. The second kappa shape index (κ2) is 8.30. The second-order valence-electron chi connectivity index (χ2n) is 4.73. The first-order valence-electron chi connectivity index (χ1n) is 6.93. The molecule has 0 aliphatic heterocycles. The molecule has 0 atom stereocenters. The van der Waals surface area contributed by atoms with Gasteiger partial charge in [-0.3, -0.25) is 14.3 Å². The lowest BCUT2D eigenvalue weighted by Crippen LogP contribution is -2.31. The number of H-pyrrole nitrogens is 1. The molecule has 5 nitrogen and oxygen atoms in total. The first-order chi connectivity index (χ1) is 9.19. The summed E-state index contributed by atoms with van der Waals surface area (Å²) < 4.78 is 1.41. The number of aromatic amines is 1. The molecule has 0 aliphatic rings. The second-order valence-corrected chi connectivity index (χ2v) is 4.73. The predicted octanol–water partition coefficient (Wildman–Crippen LogP) is 2.16. The van der Waals surface area contributed by atoms with Crippen LogP contribution < -0.4 is 11.2 Å². The molecule has 1 N–H and O–H groups in total. The molecule has 1 aromatic heterocycles. The molecule has 1 aromatic rings. The van der Waals surface area contributed by atoms with E-state index in [0.29, 0.717) is 6.54 Å². The number of hydrogen-bond acceptors (Lipinski definition) is 3. The van der Waals surface area contributed by atoms with Gasteiger partial charge < -0.3 is 0 Å². The average Bonchev–Trinajstić information content (AvgIpc) is 2.40. The van der Waals surface area contributed by atoms with Gasteiger partial charge in [0, 0.05) is 12.7 Å². The highest BCUT2D eigenvalue weighted by Crippen LogP contribution is 2.07. The molecule has 0 saturated heterocycles. The molecule has 0 aliphatic carbocycles. The molecule has 0 spiro atoms. The summed E-state index contributed by atoms with van der Waals surface area (Å²) in [5.74, 6) is 0. The SMILES string of the molecule is CCCCCCCCCn1cc(C#N)c(=O)[nH]c1=O. The Balaban J connectivity index is 2.40. The van der Waals surface area contributed by atoms with Gasteiger partial charge in [0.2, 0.25) is 0 Å². The van der Waals surface area contributed by atoms with Crippen molar-refractivity contribution in [1.29, 1.82) is 5.26 Å². The van der Waals surface area contributed by atoms with Crippen LogP contribution in [0.1, 0.15) is 57.4 Å². The molecule has 0 unspecified atom stereocenters. The van der Waals surface area contributed by atoms with E-state index in [2.05, 4.69) is 11.9 Å². The van der Waals surface area contributed by atoms with E-state index in [0.717, 1.165) is 12.8 Å². The molecule has 0 aromatic carbocycles. The van der Waals surface area contributed by atoms with Crippen LogP contribution in [0.4, 0.5) is 0 Å². The highest BCUT2D eigenvalue weighted by molar-refractivity contribution is 5.21. The van der Waals surface area contributed by atoms with Crippen molar-refractivity contribution in [3.05, 3.63) is 32.6 Å². The summed E-state index contributed by atoms with van der Waals surface area (Å²) in [6.45, 7) is 2.74. The third kappa shape index (κ3) is 5.12. The summed E-state index contributed by atoms with van der Waals surface area (Å²) in [7, 11) is 0. The molecule has 0 bridgehead atoms. The van der Waals surface area contributed by atoms with E-state index < -0.39 is 11.2 Å². The maximum absolute atomic E-state index is 11.5. The van der Waals surface area contributed by atoms with Gasteiger partial charge >= 0.3 is 5.69 Å². The molecule has 0 fully saturated rings. The average molecular weight is 263 g/mol. The number of aromatic nitrogens is 2. The Morgan fingerprint density at radius 3 is 2.42 bits per heavy atom. The summed E-state index contributed by atoms with van der Waals surface area (Å²) in [5, 5.41) is 8.74. The quantitative estimate of drug-likeness (QED) is 0.730. The highest BCUT2D eigenvalue weighted by atomic mass is 16.2. The van der Waals surface area contributed by atoms with Crippen molar-refractivity contribution < 1.29 is 0 Å². The van der Waals surface area contributed by atoms with Crippen LogP contribution in [0.25, 0.3) is 0 Å². The van der Waals surface area contributed by atoms with Crippen LogP contribution in [0.3, 0.4) is 0 Å². The summed E-state index contributed by atoms with van der Waals surface area (Å²) in [6.07, 6.45) is 9.50. The lowest BCUT2D eigenvalue weighted by Gasteiger charge is -2.05. The Kier molecular flexibility index (Phi) is 6.65. The predicted molar refractivity (Wildman–Crippen MR) is 74.0 cm³/mol. The largest absolute Gasteiger partial charge is 0.328 e. The van der Waals surface area contributed by atoms with Gasteiger partial charge in [0.1, 0.15) is 11.6 Å². The molecule has 0 saturated carbocycles. The number of aryl methyl sites for hydroxylation is 1. The first-order valence-corrected chi connectivity index (χ1v) is 6.93. The van der Waals surface area contributed by atoms with Gasteiger partial charge in [-0.1, -0.05) is 45.4 Å². The van der Waals surface area contributed by atoms with Crippen molar-refractivity contribution in [1.82, 2.24) is 9.55 Å². The number of nitrogens with one attached hydrogen (secondary N) is 1. The van der Waals surface area contributed by atoms with E-state index in [1.54, 1.807) is 6.07 Å². The van der Waals surface area contributed by atoms with Gasteiger partial charge in [0.25, 0.3) is 5.56 Å². The highest BCUT2D eigenvalue weighted by Gasteiger charge is 2.03. The molecular weight excluding hydrogens is 242 g/mol. The minimum absolute atomic E-state index is 0.0115.